The minimum absolute atomic E-state index is 1.01. The fraction of sp³-hybridized carbons (Fsp3) is 0.0870. The van der Waals surface area contributed by atoms with E-state index in [1.54, 1.807) is 0 Å². The second kappa shape index (κ2) is 10.4. The zero-order chi connectivity index (χ0) is 30.9. The minimum Gasteiger partial charge on any atom is -0.313 e. The van der Waals surface area contributed by atoms with Crippen LogP contribution in [0.1, 0.15) is 36.1 Å². The van der Waals surface area contributed by atoms with E-state index in [0.29, 0.717) is 0 Å². The first kappa shape index (κ1) is 26.5. The van der Waals surface area contributed by atoms with Gasteiger partial charge >= 0.3 is 0 Å². The third-order valence-corrected chi connectivity index (χ3v) is 10.6. The molecule has 0 fully saturated rings. The number of nitrogens with zero attached hydrogens (tertiary/aromatic N) is 1. The van der Waals surface area contributed by atoms with Gasteiger partial charge in [-0.05, 0) is 121 Å². The number of aryl methyl sites for hydroxylation is 1. The molecule has 0 unspecified atom stereocenters. The summed E-state index contributed by atoms with van der Waals surface area (Å²) in [6.45, 7) is 0. The molecule has 7 aromatic carbocycles. The first-order valence-electron chi connectivity index (χ1n) is 16.9. The van der Waals surface area contributed by atoms with Crippen molar-refractivity contribution in [3.63, 3.8) is 0 Å². The van der Waals surface area contributed by atoms with Crippen LogP contribution in [0.4, 0.5) is 0 Å². The van der Waals surface area contributed by atoms with Crippen LogP contribution in [0.3, 0.4) is 0 Å². The van der Waals surface area contributed by atoms with Gasteiger partial charge in [-0.25, -0.2) is 0 Å². The zero-order valence-electron chi connectivity index (χ0n) is 26.2. The smallest absolute Gasteiger partial charge is 0.0534 e. The standard InChI is InChI=1S/C46H33N/c1-2-12-35-30(11-1)21-22-32-29-33(25-28-36(32)35)46-41-17-5-3-15-39(41)45(40-16-4-6-18-42(40)46)31-23-26-34(27-24-31)47-43-19-9-7-13-37(43)38-14-8-10-20-44(38)47/h1-7,9-13,15-23,25-26,28-29H,8,14,24,27H2. The molecule has 1 nitrogen and oxygen atoms in total. The maximum atomic E-state index is 2.52. The molecule has 0 radical (unpaired) electrons. The van der Waals surface area contributed by atoms with Gasteiger partial charge in [-0.15, -0.1) is 0 Å². The molecule has 2 aliphatic rings. The maximum absolute atomic E-state index is 2.52. The summed E-state index contributed by atoms with van der Waals surface area (Å²) in [6.07, 6.45) is 13.7. The summed E-state index contributed by atoms with van der Waals surface area (Å²) in [5.74, 6) is 0. The topological polar surface area (TPSA) is 4.93 Å². The normalized spacial score (nSPS) is 14.6. The second-order valence-electron chi connectivity index (χ2n) is 13.1. The molecule has 10 rings (SSSR count). The van der Waals surface area contributed by atoms with Crippen molar-refractivity contribution in [1.29, 1.82) is 0 Å². The molecular weight excluding hydrogens is 567 g/mol. The fourth-order valence-electron chi connectivity index (χ4n) is 8.47. The van der Waals surface area contributed by atoms with Crippen LogP contribution < -0.4 is 0 Å². The number of rotatable bonds is 3. The van der Waals surface area contributed by atoms with Gasteiger partial charge < -0.3 is 4.57 Å². The van der Waals surface area contributed by atoms with Crippen molar-refractivity contribution in [3.8, 4) is 11.1 Å². The second-order valence-corrected chi connectivity index (χ2v) is 13.1. The lowest BCUT2D eigenvalue weighted by Crippen LogP contribution is -2.05. The Morgan fingerprint density at radius 2 is 1.11 bits per heavy atom. The molecule has 222 valence electrons. The lowest BCUT2D eigenvalue weighted by atomic mass is 9.83. The molecule has 2 aliphatic carbocycles. The van der Waals surface area contributed by atoms with Gasteiger partial charge in [-0.2, -0.15) is 0 Å². The van der Waals surface area contributed by atoms with Gasteiger partial charge in [0.15, 0.2) is 0 Å². The molecule has 0 amide bonds. The van der Waals surface area contributed by atoms with E-state index in [2.05, 4.69) is 156 Å². The summed E-state index contributed by atoms with van der Waals surface area (Å²) in [7, 11) is 0. The summed E-state index contributed by atoms with van der Waals surface area (Å²) < 4.78 is 2.52. The number of para-hydroxylation sites is 1. The van der Waals surface area contributed by atoms with E-state index in [-0.39, 0.29) is 0 Å². The van der Waals surface area contributed by atoms with Crippen LogP contribution in [0.2, 0.25) is 0 Å². The fourth-order valence-corrected chi connectivity index (χ4v) is 8.47. The SMILES string of the molecule is C1=Cc2c(c3ccccc3n2C2=CC=C(c3c4ccccc4c(-c4ccc5c(ccc6ccccc65)c4)c4ccccc34)CC2)CC1. The van der Waals surface area contributed by atoms with Gasteiger partial charge in [0.1, 0.15) is 0 Å². The molecule has 8 aromatic rings. The van der Waals surface area contributed by atoms with Crippen molar-refractivity contribution >= 4 is 71.3 Å². The molecule has 1 heterocycles. The lowest BCUT2D eigenvalue weighted by molar-refractivity contribution is 0.936. The molecule has 0 atom stereocenters. The first-order chi connectivity index (χ1) is 23.3. The average Bonchev–Trinajstić information content (AvgIpc) is 3.48. The third-order valence-electron chi connectivity index (χ3n) is 10.6. The number of allylic oxidation sites excluding steroid dienone is 5. The monoisotopic (exact) mass is 599 g/mol. The molecule has 0 N–H and O–H groups in total. The Labute approximate surface area is 274 Å². The van der Waals surface area contributed by atoms with E-state index in [4.69, 9.17) is 0 Å². The highest BCUT2D eigenvalue weighted by Gasteiger charge is 2.23. The highest BCUT2D eigenvalue weighted by atomic mass is 15.0. The van der Waals surface area contributed by atoms with Crippen molar-refractivity contribution in [2.75, 3.05) is 0 Å². The van der Waals surface area contributed by atoms with Gasteiger partial charge in [0.05, 0.1) is 5.52 Å². The summed E-state index contributed by atoms with van der Waals surface area (Å²) in [5, 5.41) is 11.9. The van der Waals surface area contributed by atoms with E-state index in [0.717, 1.165) is 25.7 Å². The maximum Gasteiger partial charge on any atom is 0.0534 e. The van der Waals surface area contributed by atoms with Gasteiger partial charge in [-0.1, -0.05) is 127 Å². The van der Waals surface area contributed by atoms with Crippen LogP contribution in [0.25, 0.3) is 82.5 Å². The molecular formula is C46H33N. The van der Waals surface area contributed by atoms with E-state index in [1.165, 1.54) is 93.2 Å². The average molecular weight is 600 g/mol. The number of aromatic nitrogens is 1. The van der Waals surface area contributed by atoms with Crippen molar-refractivity contribution in [1.82, 2.24) is 4.57 Å². The third kappa shape index (κ3) is 4.03. The van der Waals surface area contributed by atoms with Crippen LogP contribution in [-0.2, 0) is 6.42 Å². The highest BCUT2D eigenvalue weighted by Crippen LogP contribution is 2.45. The molecule has 0 aliphatic heterocycles. The van der Waals surface area contributed by atoms with Crippen molar-refractivity contribution in [2.24, 2.45) is 0 Å². The minimum atomic E-state index is 1.01. The summed E-state index contributed by atoms with van der Waals surface area (Å²) in [6, 6.07) is 47.3. The Morgan fingerprint density at radius 3 is 1.85 bits per heavy atom. The predicted octanol–water partition coefficient (Wildman–Crippen LogP) is 12.6. The molecule has 47 heavy (non-hydrogen) atoms. The zero-order valence-corrected chi connectivity index (χ0v) is 26.2. The van der Waals surface area contributed by atoms with Crippen molar-refractivity contribution in [2.45, 2.75) is 25.7 Å². The van der Waals surface area contributed by atoms with Gasteiger partial charge in [-0.3, -0.25) is 0 Å². The Hall–Kier alpha value is -5.66. The number of hydrogen-bond acceptors (Lipinski definition) is 0. The van der Waals surface area contributed by atoms with Crippen LogP contribution in [0.15, 0.2) is 146 Å². The highest BCUT2D eigenvalue weighted by molar-refractivity contribution is 6.20. The number of benzene rings is 7. The molecule has 0 saturated carbocycles. The molecule has 0 saturated heterocycles. The number of hydrogen-bond donors (Lipinski definition) is 0. The summed E-state index contributed by atoms with van der Waals surface area (Å²) in [5.41, 5.74) is 10.9. The van der Waals surface area contributed by atoms with Crippen LogP contribution in [-0.4, -0.2) is 4.57 Å². The molecule has 1 aromatic heterocycles. The van der Waals surface area contributed by atoms with Gasteiger partial charge in [0, 0.05) is 16.8 Å². The van der Waals surface area contributed by atoms with Gasteiger partial charge in [0.2, 0.25) is 0 Å². The Morgan fingerprint density at radius 1 is 0.468 bits per heavy atom. The Kier molecular flexibility index (Phi) is 5.90. The quantitative estimate of drug-likeness (QED) is 0.141. The van der Waals surface area contributed by atoms with E-state index >= 15 is 0 Å². The first-order valence-corrected chi connectivity index (χ1v) is 16.9. The summed E-state index contributed by atoms with van der Waals surface area (Å²) in [4.78, 5) is 0. The molecule has 1 heteroatoms. The largest absolute Gasteiger partial charge is 0.313 e. The van der Waals surface area contributed by atoms with Crippen molar-refractivity contribution < 1.29 is 0 Å². The van der Waals surface area contributed by atoms with E-state index < -0.39 is 0 Å². The van der Waals surface area contributed by atoms with Crippen LogP contribution >= 0.6 is 0 Å². The van der Waals surface area contributed by atoms with Gasteiger partial charge in [0.25, 0.3) is 0 Å². The number of fused-ring (bicyclic) bond motifs is 8. The predicted molar refractivity (Wildman–Crippen MR) is 203 cm³/mol. The lowest BCUT2D eigenvalue weighted by Gasteiger charge is -2.23. The summed E-state index contributed by atoms with van der Waals surface area (Å²) >= 11 is 0. The van der Waals surface area contributed by atoms with E-state index in [9.17, 15) is 0 Å². The Bertz CT molecular complexity index is 2620. The van der Waals surface area contributed by atoms with Crippen LogP contribution in [0, 0.1) is 0 Å². The molecule has 0 bridgehead atoms. The molecule has 0 spiro atoms. The van der Waals surface area contributed by atoms with Crippen molar-refractivity contribution in [3.05, 3.63) is 162 Å². The Balaban J connectivity index is 1.17. The van der Waals surface area contributed by atoms with Crippen LogP contribution in [0.5, 0.6) is 0 Å². The van der Waals surface area contributed by atoms with E-state index in [1.807, 2.05) is 0 Å².